The van der Waals surface area contributed by atoms with E-state index in [2.05, 4.69) is 9.94 Å². The second-order valence-electron chi connectivity index (χ2n) is 8.58. The lowest BCUT2D eigenvalue weighted by atomic mass is 10.1. The first-order valence-electron chi connectivity index (χ1n) is 10.9. The third-order valence-corrected chi connectivity index (χ3v) is 6.53. The number of carbonyl (C=O) groups is 1. The molecule has 10 heteroatoms. The predicted octanol–water partition coefficient (Wildman–Crippen LogP) is 3.35. The van der Waals surface area contributed by atoms with E-state index in [0.29, 0.717) is 52.6 Å². The van der Waals surface area contributed by atoms with Gasteiger partial charge in [-0.2, -0.15) is 5.10 Å². The Hall–Kier alpha value is -4.39. The predicted molar refractivity (Wildman–Crippen MR) is 127 cm³/mol. The first-order chi connectivity index (χ1) is 16.2. The van der Waals surface area contributed by atoms with Crippen molar-refractivity contribution >= 4 is 28.6 Å². The van der Waals surface area contributed by atoms with Crippen LogP contribution in [0.15, 0.2) is 18.3 Å². The maximum atomic E-state index is 13.9. The van der Waals surface area contributed by atoms with E-state index < -0.39 is 0 Å². The van der Waals surface area contributed by atoms with Gasteiger partial charge in [0.1, 0.15) is 22.6 Å². The lowest BCUT2D eigenvalue weighted by molar-refractivity contribution is 0.0709. The number of phenols is 1. The van der Waals surface area contributed by atoms with E-state index in [-0.39, 0.29) is 29.6 Å². The summed E-state index contributed by atoms with van der Waals surface area (Å²) >= 11 is 0. The average Bonchev–Trinajstić information content (AvgIpc) is 3.34. The van der Waals surface area contributed by atoms with Crippen LogP contribution >= 0.6 is 0 Å². The van der Waals surface area contributed by atoms with Gasteiger partial charge in [0.15, 0.2) is 5.65 Å². The van der Waals surface area contributed by atoms with Gasteiger partial charge in [-0.1, -0.05) is 6.07 Å². The number of nitrogens with two attached hydrogens (primary N) is 1. The number of hydrogen-bond acceptors (Lipinski definition) is 6. The van der Waals surface area contributed by atoms with Gasteiger partial charge in [-0.15, -0.1) is 0 Å². The summed E-state index contributed by atoms with van der Waals surface area (Å²) in [5.41, 5.74) is 12.6. The second kappa shape index (κ2) is 7.59. The van der Waals surface area contributed by atoms with Crippen molar-refractivity contribution < 1.29 is 9.90 Å². The Morgan fingerprint density at radius 1 is 1.15 bits per heavy atom. The fraction of sp³-hybridized carbons (Fsp3) is 0.292. The third kappa shape index (κ3) is 3.01. The Balaban J connectivity index is 1.73. The number of fused-ring (bicyclic) bond motifs is 2. The summed E-state index contributed by atoms with van der Waals surface area (Å²) in [6.07, 6.45) is 1.53. The third-order valence-electron chi connectivity index (χ3n) is 6.53. The number of aromatic hydroxyl groups is 1. The van der Waals surface area contributed by atoms with E-state index in [4.69, 9.17) is 22.3 Å². The Morgan fingerprint density at radius 3 is 2.62 bits per heavy atom. The second-order valence-corrected chi connectivity index (χ2v) is 8.58. The topological polar surface area (TPSA) is 119 Å². The molecule has 34 heavy (non-hydrogen) atoms. The average molecular weight is 457 g/mol. The summed E-state index contributed by atoms with van der Waals surface area (Å²) in [6, 6.07) is 3.44. The fourth-order valence-corrected chi connectivity index (χ4v) is 4.52. The molecular formula is C24H24N8O2. The highest BCUT2D eigenvalue weighted by Gasteiger charge is 2.32. The quantitative estimate of drug-likeness (QED) is 0.447. The van der Waals surface area contributed by atoms with Crippen LogP contribution in [0.4, 0.5) is 11.5 Å². The normalized spacial score (nSPS) is 13.2. The standard InChI is InChI=1S/C24H24N8O2/c1-12-6-7-18(33)13(2)21(12)32-22(25)19(20-23(32)29-15(4)14(3)28-20)24(34)30-8-9-31-17(11-30)16(26-5)10-27-31/h6-7,10,33H,8-9,11,25H2,1-4H3. The molecule has 0 unspecified atom stereocenters. The van der Waals surface area contributed by atoms with E-state index in [9.17, 15) is 9.90 Å². The number of hydrogen-bond donors (Lipinski definition) is 2. The van der Waals surface area contributed by atoms with Crippen molar-refractivity contribution in [1.82, 2.24) is 29.2 Å². The molecule has 1 aliphatic rings. The minimum atomic E-state index is -0.280. The summed E-state index contributed by atoms with van der Waals surface area (Å²) in [6.45, 7) is 16.0. The molecule has 172 valence electrons. The number of rotatable bonds is 2. The van der Waals surface area contributed by atoms with Crippen LogP contribution in [0.25, 0.3) is 21.7 Å². The Bertz CT molecular complexity index is 1540. The summed E-state index contributed by atoms with van der Waals surface area (Å²) in [7, 11) is 0. The molecule has 3 aromatic heterocycles. The van der Waals surface area contributed by atoms with Crippen molar-refractivity contribution in [3.05, 3.63) is 63.5 Å². The molecule has 1 amide bonds. The summed E-state index contributed by atoms with van der Waals surface area (Å²) in [4.78, 5) is 28.5. The van der Waals surface area contributed by atoms with Crippen molar-refractivity contribution in [1.29, 1.82) is 0 Å². The van der Waals surface area contributed by atoms with E-state index in [1.165, 1.54) is 6.20 Å². The van der Waals surface area contributed by atoms with E-state index >= 15 is 0 Å². The summed E-state index contributed by atoms with van der Waals surface area (Å²) < 4.78 is 3.47. The van der Waals surface area contributed by atoms with Crippen LogP contribution in [0.2, 0.25) is 0 Å². The number of nitrogens with zero attached hydrogens (tertiary/aromatic N) is 7. The number of phenolic OH excluding ortho intramolecular Hbond substituents is 1. The van der Waals surface area contributed by atoms with E-state index in [1.54, 1.807) is 33.2 Å². The van der Waals surface area contributed by atoms with Crippen LogP contribution < -0.4 is 5.73 Å². The van der Waals surface area contributed by atoms with Crippen LogP contribution in [0.5, 0.6) is 5.75 Å². The Morgan fingerprint density at radius 2 is 1.88 bits per heavy atom. The zero-order valence-corrected chi connectivity index (χ0v) is 19.4. The van der Waals surface area contributed by atoms with Crippen LogP contribution in [-0.2, 0) is 13.1 Å². The molecule has 10 nitrogen and oxygen atoms in total. The van der Waals surface area contributed by atoms with Gasteiger partial charge < -0.3 is 15.7 Å². The molecule has 0 fully saturated rings. The molecule has 4 aromatic rings. The van der Waals surface area contributed by atoms with Gasteiger partial charge in [0.25, 0.3) is 5.91 Å². The Labute approximate surface area is 196 Å². The minimum absolute atomic E-state index is 0.127. The highest BCUT2D eigenvalue weighted by atomic mass is 16.3. The molecule has 4 heterocycles. The lowest BCUT2D eigenvalue weighted by Crippen LogP contribution is -2.38. The molecule has 0 atom stereocenters. The molecule has 0 radical (unpaired) electrons. The Kier molecular flexibility index (Phi) is 4.79. The van der Waals surface area contributed by atoms with Crippen molar-refractivity contribution in [3.63, 3.8) is 0 Å². The van der Waals surface area contributed by atoms with Crippen LogP contribution in [0, 0.1) is 34.3 Å². The maximum absolute atomic E-state index is 13.9. The van der Waals surface area contributed by atoms with Crippen molar-refractivity contribution in [3.8, 4) is 11.4 Å². The summed E-state index contributed by atoms with van der Waals surface area (Å²) in [5.74, 6) is 0.0615. The lowest BCUT2D eigenvalue weighted by Gasteiger charge is -2.28. The number of carbonyl (C=O) groups excluding carboxylic acids is 1. The number of aromatic nitrogens is 5. The van der Waals surface area contributed by atoms with Gasteiger partial charge >= 0.3 is 0 Å². The first-order valence-corrected chi connectivity index (χ1v) is 10.9. The highest BCUT2D eigenvalue weighted by Crippen LogP contribution is 2.36. The molecule has 5 rings (SSSR count). The number of aryl methyl sites for hydroxylation is 3. The number of nitrogen functional groups attached to an aromatic ring is 1. The largest absolute Gasteiger partial charge is 0.508 e. The zero-order chi connectivity index (χ0) is 24.3. The van der Waals surface area contributed by atoms with Crippen molar-refractivity contribution in [2.24, 2.45) is 0 Å². The molecule has 3 N–H and O–H groups in total. The molecule has 0 spiro atoms. The van der Waals surface area contributed by atoms with Gasteiger partial charge in [0.2, 0.25) is 5.69 Å². The summed E-state index contributed by atoms with van der Waals surface area (Å²) in [5, 5.41) is 14.6. The smallest absolute Gasteiger partial charge is 0.260 e. The van der Waals surface area contributed by atoms with Crippen LogP contribution in [0.3, 0.4) is 0 Å². The molecule has 0 saturated carbocycles. The zero-order valence-electron chi connectivity index (χ0n) is 19.4. The number of anilines is 1. The van der Waals surface area contributed by atoms with E-state index in [0.717, 1.165) is 11.3 Å². The molecule has 1 aliphatic heterocycles. The monoisotopic (exact) mass is 456 g/mol. The van der Waals surface area contributed by atoms with Gasteiger partial charge in [-0.25, -0.2) is 14.8 Å². The van der Waals surface area contributed by atoms with Gasteiger partial charge in [0, 0.05) is 12.1 Å². The molecule has 0 aliphatic carbocycles. The first kappa shape index (κ1) is 21.5. The SMILES string of the molecule is [C-]#[N+]c1cnn2c1CN(C(=O)c1c(N)n(-c3c(C)ccc(O)c3C)c3nc(C)c(C)nc13)CC2. The highest BCUT2D eigenvalue weighted by molar-refractivity contribution is 6.10. The van der Waals surface area contributed by atoms with Crippen molar-refractivity contribution in [2.75, 3.05) is 12.3 Å². The molecule has 0 saturated heterocycles. The molecule has 0 bridgehead atoms. The van der Waals surface area contributed by atoms with Crippen molar-refractivity contribution in [2.45, 2.75) is 40.8 Å². The number of amides is 1. The maximum Gasteiger partial charge on any atom is 0.260 e. The number of benzene rings is 1. The van der Waals surface area contributed by atoms with Crippen LogP contribution in [0.1, 0.15) is 38.6 Å². The molecule has 1 aromatic carbocycles. The fourth-order valence-electron chi connectivity index (χ4n) is 4.52. The van der Waals surface area contributed by atoms with E-state index in [1.807, 2.05) is 20.8 Å². The van der Waals surface area contributed by atoms with Gasteiger partial charge in [-0.05, 0) is 39.3 Å². The molecular weight excluding hydrogens is 432 g/mol. The van der Waals surface area contributed by atoms with Gasteiger partial charge in [-0.3, -0.25) is 14.0 Å². The van der Waals surface area contributed by atoms with Gasteiger partial charge in [0.05, 0.1) is 48.6 Å². The van der Waals surface area contributed by atoms with Crippen LogP contribution in [-0.4, -0.2) is 46.8 Å². The minimum Gasteiger partial charge on any atom is -0.508 e.